The van der Waals surface area contributed by atoms with Crippen molar-refractivity contribution in [3.63, 3.8) is 0 Å². The average molecular weight is 448 g/mol. The van der Waals surface area contributed by atoms with E-state index in [4.69, 9.17) is 10.8 Å². The summed E-state index contributed by atoms with van der Waals surface area (Å²) < 4.78 is 0. The quantitative estimate of drug-likeness (QED) is 0.167. The van der Waals surface area contributed by atoms with Crippen molar-refractivity contribution < 1.29 is 39.3 Å². The van der Waals surface area contributed by atoms with Gasteiger partial charge in [-0.1, -0.05) is 0 Å². The molecule has 170 valence electrons. The van der Waals surface area contributed by atoms with E-state index in [9.17, 15) is 34.2 Å². The topological polar surface area (TPSA) is 199 Å². The van der Waals surface area contributed by atoms with Crippen molar-refractivity contribution in [3.05, 3.63) is 0 Å². The number of hydrogen-bond donors (Lipinski definition) is 7. The predicted octanol–water partition coefficient (Wildman–Crippen LogP) is -2.47. The van der Waals surface area contributed by atoms with Crippen LogP contribution in [0.5, 0.6) is 0 Å². The number of nitrogens with two attached hydrogens (primary N) is 1. The maximum Gasteiger partial charge on any atom is 0.326 e. The average Bonchev–Trinajstić information content (AvgIpc) is 3.17. The number of hydrogen-bond acceptors (Lipinski definition) is 8. The molecule has 0 aromatic carbocycles. The number of carbonyl (C=O) groups excluding carboxylic acids is 3. The second-order valence-corrected chi connectivity index (χ2v) is 7.40. The molecule has 0 radical (unpaired) electrons. The van der Waals surface area contributed by atoms with Crippen LogP contribution >= 0.6 is 12.6 Å². The molecule has 12 nitrogen and oxygen atoms in total. The molecular formula is C17H28N4O8S. The van der Waals surface area contributed by atoms with Crippen molar-refractivity contribution >= 4 is 42.3 Å². The summed E-state index contributed by atoms with van der Waals surface area (Å²) in [6.07, 6.45) is -1.40. The van der Waals surface area contributed by atoms with Crippen LogP contribution in [0.3, 0.4) is 0 Å². The summed E-state index contributed by atoms with van der Waals surface area (Å²) in [5, 5.41) is 32.7. The number of aliphatic carboxylic acids is 2. The molecule has 0 saturated carbocycles. The van der Waals surface area contributed by atoms with Crippen LogP contribution in [-0.4, -0.2) is 92.4 Å². The molecule has 1 fully saturated rings. The Kier molecular flexibility index (Phi) is 10.0. The minimum absolute atomic E-state index is 0.00869. The van der Waals surface area contributed by atoms with Crippen molar-refractivity contribution in [2.75, 3.05) is 12.3 Å². The summed E-state index contributed by atoms with van der Waals surface area (Å²) in [5.41, 5.74) is 5.54. The van der Waals surface area contributed by atoms with Crippen LogP contribution in [-0.2, 0) is 24.0 Å². The molecular weight excluding hydrogens is 420 g/mol. The smallest absolute Gasteiger partial charge is 0.326 e. The zero-order valence-electron chi connectivity index (χ0n) is 16.5. The fraction of sp³-hybridized carbons (Fsp3) is 0.706. The molecule has 1 aliphatic rings. The third-order valence-corrected chi connectivity index (χ3v) is 5.07. The lowest BCUT2D eigenvalue weighted by Gasteiger charge is -2.29. The largest absolute Gasteiger partial charge is 0.481 e. The maximum absolute atomic E-state index is 12.9. The highest BCUT2D eigenvalue weighted by Gasteiger charge is 2.39. The van der Waals surface area contributed by atoms with Crippen molar-refractivity contribution in [1.29, 1.82) is 0 Å². The fourth-order valence-electron chi connectivity index (χ4n) is 3.02. The summed E-state index contributed by atoms with van der Waals surface area (Å²) >= 11 is 3.88. The number of nitrogens with zero attached hydrogens (tertiary/aromatic N) is 1. The highest BCUT2D eigenvalue weighted by atomic mass is 32.1. The van der Waals surface area contributed by atoms with Crippen LogP contribution in [0.1, 0.15) is 32.6 Å². The molecule has 30 heavy (non-hydrogen) atoms. The van der Waals surface area contributed by atoms with E-state index >= 15 is 0 Å². The Labute approximate surface area is 178 Å². The first-order valence-electron chi connectivity index (χ1n) is 9.39. The minimum Gasteiger partial charge on any atom is -0.481 e. The standard InChI is InChI=1S/C17H28N4O8S/c1-8(22)13(20-14(25)9(18)7-30)15(26)19-10(4-5-12(23)24)16(27)21-6-2-3-11(21)17(28)29/h8-11,13,22,30H,2-7,18H2,1H3,(H,19,26)(H,20,25)(H,23,24)(H,28,29). The van der Waals surface area contributed by atoms with Gasteiger partial charge in [0.1, 0.15) is 18.1 Å². The third-order valence-electron chi connectivity index (χ3n) is 4.68. The van der Waals surface area contributed by atoms with Gasteiger partial charge in [-0.25, -0.2) is 4.79 Å². The molecule has 0 aliphatic carbocycles. The highest BCUT2D eigenvalue weighted by Crippen LogP contribution is 2.19. The van der Waals surface area contributed by atoms with Gasteiger partial charge in [-0.05, 0) is 26.2 Å². The normalized spacial score (nSPS) is 20.0. The number of carboxylic acid groups (broad SMARTS) is 2. The summed E-state index contributed by atoms with van der Waals surface area (Å²) in [6, 6.07) is -4.90. The van der Waals surface area contributed by atoms with Crippen LogP contribution in [0.25, 0.3) is 0 Å². The van der Waals surface area contributed by atoms with Crippen LogP contribution in [0, 0.1) is 0 Å². The van der Waals surface area contributed by atoms with Crippen molar-refractivity contribution in [3.8, 4) is 0 Å². The molecule has 0 spiro atoms. The number of amides is 3. The Morgan fingerprint density at radius 1 is 1.17 bits per heavy atom. The van der Waals surface area contributed by atoms with Gasteiger partial charge < -0.3 is 36.6 Å². The van der Waals surface area contributed by atoms with Crippen molar-refractivity contribution in [1.82, 2.24) is 15.5 Å². The third kappa shape index (κ3) is 7.15. The van der Waals surface area contributed by atoms with Crippen LogP contribution in [0.2, 0.25) is 0 Å². The molecule has 0 bridgehead atoms. The van der Waals surface area contributed by atoms with E-state index in [2.05, 4.69) is 23.3 Å². The molecule has 1 rings (SSSR count). The summed E-state index contributed by atoms with van der Waals surface area (Å²) in [7, 11) is 0. The number of aliphatic hydroxyl groups excluding tert-OH is 1. The molecule has 1 saturated heterocycles. The van der Waals surface area contributed by atoms with Gasteiger partial charge in [0.15, 0.2) is 0 Å². The first-order chi connectivity index (χ1) is 14.0. The van der Waals surface area contributed by atoms with E-state index in [-0.39, 0.29) is 25.1 Å². The minimum atomic E-state index is -1.46. The lowest BCUT2D eigenvalue weighted by atomic mass is 10.1. The van der Waals surface area contributed by atoms with Gasteiger partial charge in [0.25, 0.3) is 0 Å². The molecule has 5 unspecified atom stereocenters. The molecule has 1 aliphatic heterocycles. The lowest BCUT2D eigenvalue weighted by molar-refractivity contribution is -0.150. The van der Waals surface area contributed by atoms with Crippen molar-refractivity contribution in [2.45, 2.75) is 62.9 Å². The molecule has 0 aromatic heterocycles. The van der Waals surface area contributed by atoms with Crippen LogP contribution in [0.4, 0.5) is 0 Å². The van der Waals surface area contributed by atoms with Crippen molar-refractivity contribution in [2.24, 2.45) is 5.73 Å². The second kappa shape index (κ2) is 11.7. The predicted molar refractivity (Wildman–Crippen MR) is 107 cm³/mol. The Balaban J connectivity index is 2.99. The van der Waals surface area contributed by atoms with Gasteiger partial charge in [-0.15, -0.1) is 0 Å². The van der Waals surface area contributed by atoms with Gasteiger partial charge >= 0.3 is 11.9 Å². The van der Waals surface area contributed by atoms with Gasteiger partial charge in [-0.3, -0.25) is 19.2 Å². The number of aliphatic hydroxyl groups is 1. The molecule has 3 amide bonds. The van der Waals surface area contributed by atoms with E-state index in [0.29, 0.717) is 6.42 Å². The van der Waals surface area contributed by atoms with E-state index in [1.807, 2.05) is 0 Å². The fourth-order valence-corrected chi connectivity index (χ4v) is 3.19. The van der Waals surface area contributed by atoms with E-state index < -0.39 is 66.4 Å². The Morgan fingerprint density at radius 3 is 2.30 bits per heavy atom. The van der Waals surface area contributed by atoms with Gasteiger partial charge in [0, 0.05) is 18.7 Å². The molecule has 0 aromatic rings. The molecule has 1 heterocycles. The second-order valence-electron chi connectivity index (χ2n) is 7.04. The van der Waals surface area contributed by atoms with Gasteiger partial charge in [0.05, 0.1) is 12.1 Å². The van der Waals surface area contributed by atoms with Crippen LogP contribution < -0.4 is 16.4 Å². The molecule has 13 heteroatoms. The molecule has 5 atom stereocenters. The number of carbonyl (C=O) groups is 5. The monoisotopic (exact) mass is 448 g/mol. The van der Waals surface area contributed by atoms with Gasteiger partial charge in [-0.2, -0.15) is 12.6 Å². The Morgan fingerprint density at radius 2 is 1.80 bits per heavy atom. The number of likely N-dealkylation sites (tertiary alicyclic amines) is 1. The van der Waals surface area contributed by atoms with E-state index in [1.54, 1.807) is 0 Å². The Bertz CT molecular complexity index is 674. The SMILES string of the molecule is CC(O)C(NC(=O)C(N)CS)C(=O)NC(CCC(=O)O)C(=O)N1CCCC1C(=O)O. The van der Waals surface area contributed by atoms with E-state index in [1.165, 1.54) is 6.92 Å². The Hall–Kier alpha value is -2.38. The number of nitrogens with one attached hydrogen (secondary N) is 2. The first kappa shape index (κ1) is 25.7. The zero-order chi connectivity index (χ0) is 23.0. The summed E-state index contributed by atoms with van der Waals surface area (Å²) in [5.74, 6) is -4.83. The number of carboxylic acids is 2. The maximum atomic E-state index is 12.9. The van der Waals surface area contributed by atoms with Crippen LogP contribution in [0.15, 0.2) is 0 Å². The van der Waals surface area contributed by atoms with Gasteiger partial charge in [0.2, 0.25) is 17.7 Å². The summed E-state index contributed by atoms with van der Waals surface area (Å²) in [6.45, 7) is 1.40. The highest BCUT2D eigenvalue weighted by molar-refractivity contribution is 7.80. The number of thiol groups is 1. The number of rotatable bonds is 11. The van der Waals surface area contributed by atoms with E-state index in [0.717, 1.165) is 4.90 Å². The molecule has 7 N–H and O–H groups in total. The summed E-state index contributed by atoms with van der Waals surface area (Å²) in [4.78, 5) is 60.9. The first-order valence-corrected chi connectivity index (χ1v) is 10.0. The lowest BCUT2D eigenvalue weighted by Crippen LogP contribution is -2.60. The zero-order valence-corrected chi connectivity index (χ0v) is 17.4.